The zero-order valence-electron chi connectivity index (χ0n) is 40.1. The molecule has 0 saturated carbocycles. The minimum Gasteiger partial charge on any atom is -0.493 e. The average Bonchev–Trinajstić information content (AvgIpc) is 3.31. The van der Waals surface area contributed by atoms with Crippen LogP contribution in [0.1, 0.15) is 134 Å². The number of hydrogen-bond acceptors (Lipinski definition) is 11. The van der Waals surface area contributed by atoms with Crippen LogP contribution in [0.4, 0.5) is 13.2 Å². The summed E-state index contributed by atoms with van der Waals surface area (Å²) in [6.45, 7) is 11.1. The van der Waals surface area contributed by atoms with Gasteiger partial charge in [0.1, 0.15) is 40.7 Å². The summed E-state index contributed by atoms with van der Waals surface area (Å²) < 4.78 is 57.6. The summed E-state index contributed by atoms with van der Waals surface area (Å²) in [6, 6.07) is 14.7. The van der Waals surface area contributed by atoms with E-state index in [1.807, 2.05) is 40.7 Å². The first kappa shape index (κ1) is 49.5. The van der Waals surface area contributed by atoms with Crippen molar-refractivity contribution >= 4 is 35.5 Å². The number of amides is 4. The Balaban J connectivity index is 1.00. The highest BCUT2D eigenvalue weighted by Crippen LogP contribution is 2.43. The van der Waals surface area contributed by atoms with Crippen molar-refractivity contribution in [3.8, 4) is 11.5 Å². The van der Waals surface area contributed by atoms with Crippen LogP contribution in [0.2, 0.25) is 0 Å². The molecule has 0 bridgehead atoms. The Morgan fingerprint density at radius 3 is 2.00 bits per heavy atom. The van der Waals surface area contributed by atoms with Crippen LogP contribution in [-0.4, -0.2) is 79.8 Å². The Morgan fingerprint density at radius 1 is 0.757 bits per heavy atom. The molecule has 70 heavy (non-hydrogen) atoms. The van der Waals surface area contributed by atoms with Crippen molar-refractivity contribution in [3.05, 3.63) is 129 Å². The largest absolute Gasteiger partial charge is 0.493 e. The zero-order chi connectivity index (χ0) is 50.4. The number of ether oxygens (including phenoxy) is 2. The van der Waals surface area contributed by atoms with Gasteiger partial charge >= 0.3 is 0 Å². The fourth-order valence-corrected chi connectivity index (χ4v) is 10.1. The lowest BCUT2D eigenvalue weighted by molar-refractivity contribution is -0.135. The standard InChI is InChI=1S/C52H59F3N8O7/c1-7-50(5)25-42(64)62(48(56)60-50)26-30-16-33(22-35(54)18-30)46(67)59-43-38-23-34(53)11-13-41(38)70-51(6,44(43)65)24-29-10-12-40-37(20-29)39(14-15-69-40)58-45(66)32-17-31(19-36(55)21-32)27-63-47(68)28(4)52(8-2,9-3)61-49(63)57/h10-13,16-23,28,39,43-44,65H,7-9,14-15,24-27H2,1-6H3,(H2,56,60)(H2,57,61)(H,58,66)(H,59,67)/t28?,39-,43?,44?,50?,51?/m0/s1. The van der Waals surface area contributed by atoms with E-state index in [4.69, 9.17) is 25.9 Å². The molecule has 7 N–H and O–H groups in total. The number of guanidine groups is 2. The number of aliphatic imine (C=N–C) groups is 2. The van der Waals surface area contributed by atoms with Crippen LogP contribution >= 0.6 is 0 Å². The second kappa shape index (κ2) is 19.1. The third kappa shape index (κ3) is 9.65. The Labute approximate surface area is 404 Å². The van der Waals surface area contributed by atoms with Crippen LogP contribution in [0.5, 0.6) is 11.5 Å². The van der Waals surface area contributed by atoms with Gasteiger partial charge in [-0.05, 0) is 117 Å². The number of carbonyl (C=O) groups is 4. The number of rotatable bonds is 13. The maximum atomic E-state index is 15.2. The third-order valence-electron chi connectivity index (χ3n) is 14.5. The molecule has 0 fully saturated rings. The smallest absolute Gasteiger partial charge is 0.251 e. The predicted molar refractivity (Wildman–Crippen MR) is 255 cm³/mol. The van der Waals surface area contributed by atoms with Crippen LogP contribution < -0.4 is 31.6 Å². The molecule has 4 heterocycles. The monoisotopic (exact) mass is 964 g/mol. The molecule has 4 aliphatic rings. The summed E-state index contributed by atoms with van der Waals surface area (Å²) in [5.74, 6) is -3.69. The maximum Gasteiger partial charge on any atom is 0.251 e. The molecule has 0 aliphatic carbocycles. The number of hydrogen-bond donors (Lipinski definition) is 5. The number of nitrogens with one attached hydrogen (secondary N) is 2. The van der Waals surface area contributed by atoms with E-state index in [1.165, 1.54) is 46.2 Å². The number of benzene rings is 4. The zero-order valence-corrected chi connectivity index (χ0v) is 40.1. The Kier molecular flexibility index (Phi) is 13.5. The second-order valence-electron chi connectivity index (χ2n) is 19.3. The van der Waals surface area contributed by atoms with Gasteiger partial charge < -0.3 is 36.7 Å². The van der Waals surface area contributed by atoms with Crippen molar-refractivity contribution in [1.82, 2.24) is 20.4 Å². The van der Waals surface area contributed by atoms with Gasteiger partial charge in [-0.2, -0.15) is 0 Å². The molecule has 4 aromatic rings. The first-order chi connectivity index (χ1) is 33.2. The van der Waals surface area contributed by atoms with Gasteiger partial charge in [-0.1, -0.05) is 33.8 Å². The number of nitrogens with two attached hydrogens (primary N) is 2. The predicted octanol–water partition coefficient (Wildman–Crippen LogP) is 6.65. The molecule has 4 amide bonds. The van der Waals surface area contributed by atoms with E-state index in [1.54, 1.807) is 19.1 Å². The van der Waals surface area contributed by atoms with Gasteiger partial charge in [0.15, 0.2) is 11.9 Å². The highest BCUT2D eigenvalue weighted by Gasteiger charge is 2.48. The van der Waals surface area contributed by atoms with E-state index in [9.17, 15) is 28.7 Å². The number of fused-ring (bicyclic) bond motifs is 2. The minimum atomic E-state index is -1.50. The Hall–Kier alpha value is -6.95. The number of carbonyl (C=O) groups excluding carboxylic acids is 4. The lowest BCUT2D eigenvalue weighted by atomic mass is 9.79. The van der Waals surface area contributed by atoms with E-state index in [0.717, 1.165) is 18.2 Å². The molecule has 6 atom stereocenters. The molecule has 18 heteroatoms. The van der Waals surface area contributed by atoms with E-state index in [2.05, 4.69) is 15.6 Å². The number of halogens is 3. The summed E-state index contributed by atoms with van der Waals surface area (Å²) >= 11 is 0. The molecule has 15 nitrogen and oxygen atoms in total. The molecular weight excluding hydrogens is 906 g/mol. The van der Waals surface area contributed by atoms with Crippen molar-refractivity contribution in [3.63, 3.8) is 0 Å². The highest BCUT2D eigenvalue weighted by atomic mass is 19.1. The van der Waals surface area contributed by atoms with Crippen LogP contribution in [0.15, 0.2) is 82.8 Å². The number of aliphatic hydroxyl groups is 1. The van der Waals surface area contributed by atoms with Gasteiger partial charge in [0.25, 0.3) is 11.8 Å². The summed E-state index contributed by atoms with van der Waals surface area (Å²) in [7, 11) is 0. The maximum absolute atomic E-state index is 15.2. The minimum absolute atomic E-state index is 0.0139. The lowest BCUT2D eigenvalue weighted by Gasteiger charge is -2.44. The average molecular weight is 965 g/mol. The van der Waals surface area contributed by atoms with Crippen molar-refractivity contribution in [2.24, 2.45) is 27.4 Å². The van der Waals surface area contributed by atoms with Crippen molar-refractivity contribution in [2.45, 2.75) is 128 Å². The second-order valence-corrected chi connectivity index (χ2v) is 19.3. The van der Waals surface area contributed by atoms with E-state index >= 15 is 8.78 Å². The fraction of sp³-hybridized carbons (Fsp3) is 0.423. The molecule has 8 rings (SSSR count). The molecule has 0 spiro atoms. The molecular formula is C52H59F3N8O7. The summed E-state index contributed by atoms with van der Waals surface area (Å²) in [5, 5.41) is 17.9. The molecule has 0 aromatic heterocycles. The molecule has 5 unspecified atom stereocenters. The van der Waals surface area contributed by atoms with Crippen LogP contribution in [0.25, 0.3) is 0 Å². The molecule has 0 radical (unpaired) electrons. The SMILES string of the molecule is CCC1(C)CC(=O)N(Cc2cc(F)cc(C(=O)NC3c4cc(F)ccc4OC(C)(Cc4ccc5c(c4)[C@@H](NC(=O)c4cc(F)cc(CN6C(=O)C(C)C(CC)(CC)N=C6N)c4)CCO5)C3O)c2)C(N)=N1. The first-order valence-corrected chi connectivity index (χ1v) is 23.6. The molecule has 4 aromatic carbocycles. The van der Waals surface area contributed by atoms with Gasteiger partial charge in [-0.3, -0.25) is 29.0 Å². The van der Waals surface area contributed by atoms with Crippen LogP contribution in [0.3, 0.4) is 0 Å². The molecule has 4 aliphatic heterocycles. The van der Waals surface area contributed by atoms with Gasteiger partial charge in [0.05, 0.1) is 55.2 Å². The van der Waals surface area contributed by atoms with E-state index < -0.39 is 70.1 Å². The summed E-state index contributed by atoms with van der Waals surface area (Å²) in [4.78, 5) is 66.3. The first-order valence-electron chi connectivity index (χ1n) is 23.6. The van der Waals surface area contributed by atoms with Gasteiger partial charge in [-0.25, -0.2) is 23.2 Å². The van der Waals surface area contributed by atoms with Crippen molar-refractivity contribution in [2.75, 3.05) is 6.61 Å². The Morgan fingerprint density at radius 2 is 1.37 bits per heavy atom. The van der Waals surface area contributed by atoms with Crippen LogP contribution in [0, 0.1) is 23.4 Å². The van der Waals surface area contributed by atoms with Crippen molar-refractivity contribution in [1.29, 1.82) is 0 Å². The number of aliphatic hydroxyl groups excluding tert-OH is 1. The number of nitrogens with zero attached hydrogens (tertiary/aromatic N) is 4. The lowest BCUT2D eigenvalue weighted by Crippen LogP contribution is -2.56. The Bertz CT molecular complexity index is 2820. The highest BCUT2D eigenvalue weighted by molar-refractivity contribution is 6.01. The summed E-state index contributed by atoms with van der Waals surface area (Å²) in [6.07, 6.45) is 0.856. The fourth-order valence-electron chi connectivity index (χ4n) is 10.1. The topological polar surface area (TPSA) is 214 Å². The molecule has 0 saturated heterocycles. The molecule has 370 valence electrons. The third-order valence-corrected chi connectivity index (χ3v) is 14.5. The normalized spacial score (nSPS) is 24.9. The van der Waals surface area contributed by atoms with Crippen molar-refractivity contribution < 1.29 is 46.9 Å². The van der Waals surface area contributed by atoms with Gasteiger partial charge in [0, 0.05) is 35.1 Å². The summed E-state index contributed by atoms with van der Waals surface area (Å²) in [5.41, 5.74) is 11.7. The van der Waals surface area contributed by atoms with E-state index in [-0.39, 0.29) is 84.3 Å². The van der Waals surface area contributed by atoms with E-state index in [0.29, 0.717) is 48.1 Å². The van der Waals surface area contributed by atoms with Gasteiger partial charge in [-0.15, -0.1) is 0 Å². The van der Waals surface area contributed by atoms with Gasteiger partial charge in [0.2, 0.25) is 11.8 Å². The quantitative estimate of drug-likeness (QED) is 0.0969. The van der Waals surface area contributed by atoms with Crippen LogP contribution in [-0.2, 0) is 29.1 Å².